The molecule has 0 aliphatic carbocycles. The van der Waals surface area contributed by atoms with E-state index in [9.17, 15) is 18.4 Å². The number of hydrogen-bond donors (Lipinski definition) is 1. The molecule has 0 saturated heterocycles. The number of primary amides is 1. The zero-order valence-corrected chi connectivity index (χ0v) is 18.8. The van der Waals surface area contributed by atoms with E-state index in [0.717, 1.165) is 23.2 Å². The van der Waals surface area contributed by atoms with E-state index >= 15 is 0 Å². The summed E-state index contributed by atoms with van der Waals surface area (Å²) in [6, 6.07) is 2.06. The quantitative estimate of drug-likeness (QED) is 0.554. The van der Waals surface area contributed by atoms with E-state index in [1.165, 1.54) is 0 Å². The molecule has 2 aromatic rings. The van der Waals surface area contributed by atoms with Crippen LogP contribution in [0.3, 0.4) is 0 Å². The third kappa shape index (κ3) is 6.01. The van der Waals surface area contributed by atoms with E-state index in [1.54, 1.807) is 0 Å². The Morgan fingerprint density at radius 1 is 1.32 bits per heavy atom. The van der Waals surface area contributed by atoms with E-state index in [1.807, 2.05) is 32.8 Å². The Morgan fingerprint density at radius 3 is 2.45 bits per heavy atom. The molecule has 10 heteroatoms. The lowest BCUT2D eigenvalue weighted by Gasteiger charge is -2.19. The van der Waals surface area contributed by atoms with Crippen LogP contribution >= 0.6 is 11.6 Å². The number of nitrogens with two attached hydrogens (primary N) is 1. The van der Waals surface area contributed by atoms with Gasteiger partial charge in [0.1, 0.15) is 17.4 Å². The van der Waals surface area contributed by atoms with Gasteiger partial charge in [0.15, 0.2) is 10.8 Å². The van der Waals surface area contributed by atoms with Gasteiger partial charge in [-0.15, -0.1) is 0 Å². The standard InChI is InChI=1S/C21H27ClF2N4O3/c1-5-12(2)11-28-18(19(22)26-17(20(25)29)21(28)30)16-14(23)9-13(10-15(16)24)31-8-6-7-27(3)4/h9-10,12H,5-8,11H2,1-4H3,(H2,25,29)/t12-/m0/s1. The minimum absolute atomic E-state index is 0.0196. The Kier molecular flexibility index (Phi) is 8.52. The molecule has 2 N–H and O–H groups in total. The van der Waals surface area contributed by atoms with Crippen LogP contribution < -0.4 is 16.0 Å². The van der Waals surface area contributed by atoms with Crippen LogP contribution in [-0.4, -0.2) is 47.6 Å². The summed E-state index contributed by atoms with van der Waals surface area (Å²) in [5, 5.41) is -0.394. The number of hydrogen-bond acceptors (Lipinski definition) is 5. The Hall–Kier alpha value is -2.52. The van der Waals surface area contributed by atoms with Crippen molar-refractivity contribution in [3.05, 3.63) is 45.0 Å². The minimum atomic E-state index is -1.07. The van der Waals surface area contributed by atoms with Crippen LogP contribution in [0.25, 0.3) is 11.3 Å². The monoisotopic (exact) mass is 456 g/mol. The first kappa shape index (κ1) is 24.7. The number of ether oxygens (including phenoxy) is 1. The molecule has 1 heterocycles. The first-order chi connectivity index (χ1) is 14.6. The summed E-state index contributed by atoms with van der Waals surface area (Å²) in [6.07, 6.45) is 1.36. The molecule has 0 saturated carbocycles. The SMILES string of the molecule is CC[C@H](C)Cn1c(-c2c(F)cc(OCCCN(C)C)cc2F)c(Cl)nc(C(N)=O)c1=O. The van der Waals surface area contributed by atoms with Crippen molar-refractivity contribution in [3.63, 3.8) is 0 Å². The number of amides is 1. The molecule has 170 valence electrons. The van der Waals surface area contributed by atoms with Gasteiger partial charge in [0.25, 0.3) is 11.5 Å². The molecule has 0 unspecified atom stereocenters. The van der Waals surface area contributed by atoms with Gasteiger partial charge >= 0.3 is 0 Å². The van der Waals surface area contributed by atoms with Gasteiger partial charge in [0.05, 0.1) is 17.9 Å². The summed E-state index contributed by atoms with van der Waals surface area (Å²) in [6.45, 7) is 4.88. The molecule has 0 bridgehead atoms. The van der Waals surface area contributed by atoms with Crippen LogP contribution in [0, 0.1) is 17.6 Å². The van der Waals surface area contributed by atoms with Crippen molar-refractivity contribution in [3.8, 4) is 17.0 Å². The van der Waals surface area contributed by atoms with Crippen molar-refractivity contribution >= 4 is 17.5 Å². The highest BCUT2D eigenvalue weighted by molar-refractivity contribution is 6.32. The highest BCUT2D eigenvalue weighted by Gasteiger charge is 2.25. The molecule has 0 radical (unpaired) electrons. The molecule has 31 heavy (non-hydrogen) atoms. The normalized spacial score (nSPS) is 12.3. The van der Waals surface area contributed by atoms with Crippen LogP contribution in [0.2, 0.25) is 5.15 Å². The van der Waals surface area contributed by atoms with Crippen molar-refractivity contribution in [2.45, 2.75) is 33.2 Å². The third-order valence-electron chi connectivity index (χ3n) is 4.82. The summed E-state index contributed by atoms with van der Waals surface area (Å²) in [4.78, 5) is 30.1. The van der Waals surface area contributed by atoms with E-state index in [2.05, 4.69) is 4.98 Å². The lowest BCUT2D eigenvalue weighted by Crippen LogP contribution is -2.34. The summed E-state index contributed by atoms with van der Waals surface area (Å²) >= 11 is 6.18. The van der Waals surface area contributed by atoms with Crippen LogP contribution in [-0.2, 0) is 6.54 Å². The van der Waals surface area contributed by atoms with Gasteiger partial charge in [0, 0.05) is 25.2 Å². The lowest BCUT2D eigenvalue weighted by atomic mass is 10.1. The van der Waals surface area contributed by atoms with Crippen LogP contribution in [0.5, 0.6) is 5.75 Å². The average molecular weight is 457 g/mol. The number of carbonyl (C=O) groups excluding carboxylic acids is 1. The zero-order valence-electron chi connectivity index (χ0n) is 18.0. The van der Waals surface area contributed by atoms with E-state index < -0.39 is 39.5 Å². The van der Waals surface area contributed by atoms with Gasteiger partial charge in [-0.1, -0.05) is 31.9 Å². The molecule has 1 atom stereocenters. The molecule has 7 nitrogen and oxygen atoms in total. The predicted molar refractivity (Wildman–Crippen MR) is 115 cm³/mol. The molecule has 1 aromatic heterocycles. The topological polar surface area (TPSA) is 90.4 Å². The average Bonchev–Trinajstić information content (AvgIpc) is 2.68. The fraction of sp³-hybridized carbons (Fsp3) is 0.476. The third-order valence-corrected chi connectivity index (χ3v) is 5.08. The van der Waals surface area contributed by atoms with Crippen molar-refractivity contribution < 1.29 is 18.3 Å². The minimum Gasteiger partial charge on any atom is -0.493 e. The molecule has 1 amide bonds. The molecule has 0 fully saturated rings. The summed E-state index contributed by atoms with van der Waals surface area (Å²) < 4.78 is 36.5. The van der Waals surface area contributed by atoms with Crippen LogP contribution in [0.15, 0.2) is 16.9 Å². The zero-order chi connectivity index (χ0) is 23.3. The predicted octanol–water partition coefficient (Wildman–Crippen LogP) is 3.32. The molecule has 2 rings (SSSR count). The fourth-order valence-corrected chi connectivity index (χ4v) is 3.26. The second-order valence-electron chi connectivity index (χ2n) is 7.66. The van der Waals surface area contributed by atoms with E-state index in [0.29, 0.717) is 12.8 Å². The van der Waals surface area contributed by atoms with E-state index in [4.69, 9.17) is 22.1 Å². The Morgan fingerprint density at radius 2 is 1.94 bits per heavy atom. The lowest BCUT2D eigenvalue weighted by molar-refractivity contribution is 0.0993. The van der Waals surface area contributed by atoms with Crippen molar-refractivity contribution in [1.82, 2.24) is 14.5 Å². The van der Waals surface area contributed by atoms with Gasteiger partial charge in [0.2, 0.25) is 0 Å². The maximum atomic E-state index is 15.0. The number of nitrogens with zero attached hydrogens (tertiary/aromatic N) is 3. The Labute approximate surface area is 184 Å². The molecule has 0 aliphatic heterocycles. The van der Waals surface area contributed by atoms with Gasteiger partial charge in [-0.05, 0) is 26.4 Å². The Bertz CT molecular complexity index is 988. The maximum Gasteiger partial charge on any atom is 0.282 e. The van der Waals surface area contributed by atoms with Crippen LogP contribution in [0.1, 0.15) is 37.2 Å². The summed E-state index contributed by atoms with van der Waals surface area (Å²) in [7, 11) is 3.82. The number of halogens is 3. The van der Waals surface area contributed by atoms with Gasteiger partial charge in [-0.3, -0.25) is 9.59 Å². The van der Waals surface area contributed by atoms with Gasteiger partial charge < -0.3 is 19.9 Å². The van der Waals surface area contributed by atoms with Gasteiger partial charge in [-0.25, -0.2) is 13.8 Å². The number of carbonyl (C=O) groups is 1. The second kappa shape index (κ2) is 10.7. The molecule has 0 aliphatic rings. The highest BCUT2D eigenvalue weighted by Crippen LogP contribution is 2.33. The van der Waals surface area contributed by atoms with Crippen molar-refractivity contribution in [2.24, 2.45) is 11.7 Å². The van der Waals surface area contributed by atoms with Crippen molar-refractivity contribution in [2.75, 3.05) is 27.2 Å². The number of rotatable bonds is 10. The molecule has 0 spiro atoms. The largest absolute Gasteiger partial charge is 0.493 e. The molecular weight excluding hydrogens is 430 g/mol. The fourth-order valence-electron chi connectivity index (χ4n) is 2.98. The Balaban J connectivity index is 2.55. The highest BCUT2D eigenvalue weighted by atomic mass is 35.5. The smallest absolute Gasteiger partial charge is 0.282 e. The maximum absolute atomic E-state index is 15.0. The van der Waals surface area contributed by atoms with Crippen LogP contribution in [0.4, 0.5) is 8.78 Å². The molecular formula is C21H27ClF2N4O3. The summed E-state index contributed by atoms with van der Waals surface area (Å²) in [5.74, 6) is -3.02. The first-order valence-corrected chi connectivity index (χ1v) is 10.3. The van der Waals surface area contributed by atoms with Crippen molar-refractivity contribution in [1.29, 1.82) is 0 Å². The summed E-state index contributed by atoms with van der Waals surface area (Å²) in [5.41, 5.74) is 3.02. The second-order valence-corrected chi connectivity index (χ2v) is 8.02. The van der Waals surface area contributed by atoms with Gasteiger partial charge in [-0.2, -0.15) is 0 Å². The number of aromatic nitrogens is 2. The first-order valence-electron chi connectivity index (χ1n) is 9.93. The molecule has 1 aromatic carbocycles. The van der Waals surface area contributed by atoms with E-state index in [-0.39, 0.29) is 30.5 Å². The number of benzene rings is 1.